The molecule has 1 heterocycles. The van der Waals surface area contributed by atoms with Crippen LogP contribution in [-0.4, -0.2) is 4.98 Å². The van der Waals surface area contributed by atoms with E-state index in [4.69, 9.17) is 0 Å². The van der Waals surface area contributed by atoms with E-state index in [-0.39, 0.29) is 5.41 Å². The lowest BCUT2D eigenvalue weighted by molar-refractivity contribution is 0.561. The summed E-state index contributed by atoms with van der Waals surface area (Å²) in [7, 11) is 0. The highest BCUT2D eigenvalue weighted by Gasteiger charge is 2.23. The van der Waals surface area contributed by atoms with E-state index in [0.717, 1.165) is 0 Å². The van der Waals surface area contributed by atoms with Crippen LogP contribution in [-0.2, 0) is 5.41 Å². The van der Waals surface area contributed by atoms with Gasteiger partial charge in [-0.25, -0.2) is 4.98 Å². The van der Waals surface area contributed by atoms with Crippen molar-refractivity contribution in [3.63, 3.8) is 0 Å². The number of aryl methyl sites for hydroxylation is 1. The zero-order chi connectivity index (χ0) is 10.2. The maximum absolute atomic E-state index is 4.62. The van der Waals surface area contributed by atoms with Gasteiger partial charge in [0, 0.05) is 10.3 Å². The van der Waals surface area contributed by atoms with Gasteiger partial charge in [-0.15, -0.1) is 11.3 Å². The van der Waals surface area contributed by atoms with E-state index in [9.17, 15) is 0 Å². The molecule has 0 N–H and O–H groups in total. The Labute approximate surface area is 85.2 Å². The smallest absolute Gasteiger partial charge is 0.0900 e. The van der Waals surface area contributed by atoms with Crippen LogP contribution in [0, 0.1) is 6.92 Å². The number of rotatable bonds is 1. The molecule has 1 aromatic rings. The topological polar surface area (TPSA) is 12.9 Å². The van der Waals surface area contributed by atoms with Gasteiger partial charge in [-0.2, -0.15) is 0 Å². The van der Waals surface area contributed by atoms with E-state index in [0.29, 0.717) is 5.92 Å². The van der Waals surface area contributed by atoms with Crippen LogP contribution in [0.2, 0.25) is 0 Å². The molecule has 0 saturated carbocycles. The van der Waals surface area contributed by atoms with E-state index >= 15 is 0 Å². The molecule has 0 atom stereocenters. The molecule has 0 amide bonds. The first kappa shape index (κ1) is 10.7. The van der Waals surface area contributed by atoms with Crippen LogP contribution >= 0.6 is 11.3 Å². The van der Waals surface area contributed by atoms with Gasteiger partial charge < -0.3 is 0 Å². The summed E-state index contributed by atoms with van der Waals surface area (Å²) in [5.74, 6) is 0.598. The van der Waals surface area contributed by atoms with Crippen molar-refractivity contribution in [2.45, 2.75) is 52.9 Å². The molecule has 1 rings (SSSR count). The lowest BCUT2D eigenvalue weighted by Gasteiger charge is -2.18. The van der Waals surface area contributed by atoms with Crippen molar-refractivity contribution in [3.05, 3.63) is 15.6 Å². The molecule has 0 aliphatic rings. The lowest BCUT2D eigenvalue weighted by Crippen LogP contribution is -2.14. The van der Waals surface area contributed by atoms with Gasteiger partial charge in [-0.05, 0) is 12.8 Å². The molecule has 0 saturated heterocycles. The van der Waals surface area contributed by atoms with Gasteiger partial charge in [0.2, 0.25) is 0 Å². The summed E-state index contributed by atoms with van der Waals surface area (Å²) in [6.07, 6.45) is 0. The van der Waals surface area contributed by atoms with E-state index in [1.165, 1.54) is 15.6 Å². The summed E-state index contributed by atoms with van der Waals surface area (Å²) in [6, 6.07) is 0. The van der Waals surface area contributed by atoms with Crippen molar-refractivity contribution >= 4 is 11.3 Å². The number of nitrogens with zero attached hydrogens (tertiary/aromatic N) is 1. The molecule has 1 aromatic heterocycles. The zero-order valence-electron chi connectivity index (χ0n) is 9.43. The molecule has 0 unspecified atom stereocenters. The molecule has 0 aromatic carbocycles. The Morgan fingerprint density at radius 3 is 2.08 bits per heavy atom. The van der Waals surface area contributed by atoms with Crippen LogP contribution in [0.3, 0.4) is 0 Å². The summed E-state index contributed by atoms with van der Waals surface area (Å²) in [6.45, 7) is 13.3. The van der Waals surface area contributed by atoms with Crippen LogP contribution in [0.1, 0.15) is 56.1 Å². The van der Waals surface area contributed by atoms with Gasteiger partial charge in [-0.3, -0.25) is 0 Å². The van der Waals surface area contributed by atoms with Gasteiger partial charge in [0.15, 0.2) is 0 Å². The van der Waals surface area contributed by atoms with E-state index in [1.54, 1.807) is 0 Å². The Balaban J connectivity index is 3.20. The Kier molecular flexibility index (Phi) is 2.81. The monoisotopic (exact) mass is 197 g/mol. The molecule has 13 heavy (non-hydrogen) atoms. The largest absolute Gasteiger partial charge is 0.246 e. The van der Waals surface area contributed by atoms with Crippen molar-refractivity contribution in [2.75, 3.05) is 0 Å². The average molecular weight is 197 g/mol. The molecule has 1 nitrogen and oxygen atoms in total. The summed E-state index contributed by atoms with van der Waals surface area (Å²) in [5.41, 5.74) is 1.47. The predicted molar refractivity (Wildman–Crippen MR) is 59.6 cm³/mol. The minimum absolute atomic E-state index is 0.185. The molecule has 0 bridgehead atoms. The van der Waals surface area contributed by atoms with Crippen LogP contribution in [0.5, 0.6) is 0 Å². The molecule has 74 valence electrons. The predicted octanol–water partition coefficient (Wildman–Crippen LogP) is 3.87. The van der Waals surface area contributed by atoms with Gasteiger partial charge in [0.05, 0.1) is 10.7 Å². The number of hydrogen-bond acceptors (Lipinski definition) is 2. The fourth-order valence-corrected chi connectivity index (χ4v) is 2.51. The molecule has 0 aliphatic carbocycles. The van der Waals surface area contributed by atoms with Crippen molar-refractivity contribution in [2.24, 2.45) is 0 Å². The summed E-state index contributed by atoms with van der Waals surface area (Å²) >= 11 is 1.84. The highest BCUT2D eigenvalue weighted by molar-refractivity contribution is 7.11. The first-order valence-corrected chi connectivity index (χ1v) is 5.62. The SMILES string of the molecule is Cc1nc(C(C)(C)C)c(C(C)C)s1. The maximum Gasteiger partial charge on any atom is 0.0900 e. The molecular formula is C11H19NS. The van der Waals surface area contributed by atoms with Crippen LogP contribution in [0.25, 0.3) is 0 Å². The molecule has 2 heteroatoms. The minimum atomic E-state index is 0.185. The van der Waals surface area contributed by atoms with Crippen molar-refractivity contribution in [1.29, 1.82) is 0 Å². The fourth-order valence-electron chi connectivity index (χ4n) is 1.37. The first-order chi connectivity index (χ1) is 5.82. The van der Waals surface area contributed by atoms with Gasteiger partial charge >= 0.3 is 0 Å². The van der Waals surface area contributed by atoms with Gasteiger partial charge in [-0.1, -0.05) is 34.6 Å². The number of hydrogen-bond donors (Lipinski definition) is 0. The van der Waals surface area contributed by atoms with E-state index < -0.39 is 0 Å². The molecule has 0 fully saturated rings. The number of thiazole rings is 1. The Morgan fingerprint density at radius 2 is 1.77 bits per heavy atom. The second-order valence-electron chi connectivity index (χ2n) is 4.85. The number of aromatic nitrogens is 1. The quantitative estimate of drug-likeness (QED) is 0.666. The molecule has 0 radical (unpaired) electrons. The zero-order valence-corrected chi connectivity index (χ0v) is 10.2. The second-order valence-corrected chi connectivity index (χ2v) is 6.09. The first-order valence-electron chi connectivity index (χ1n) is 4.80. The standard InChI is InChI=1S/C11H19NS/c1-7(2)9-10(11(4,5)6)12-8(3)13-9/h7H,1-6H3. The average Bonchev–Trinajstić information content (AvgIpc) is 2.29. The van der Waals surface area contributed by atoms with Crippen LogP contribution < -0.4 is 0 Å². The third-order valence-corrected chi connectivity index (χ3v) is 3.27. The normalized spacial score (nSPS) is 12.5. The van der Waals surface area contributed by atoms with Gasteiger partial charge in [0.1, 0.15) is 0 Å². The maximum atomic E-state index is 4.62. The second kappa shape index (κ2) is 3.41. The van der Waals surface area contributed by atoms with Crippen LogP contribution in [0.4, 0.5) is 0 Å². The van der Waals surface area contributed by atoms with Crippen molar-refractivity contribution < 1.29 is 0 Å². The highest BCUT2D eigenvalue weighted by Crippen LogP contribution is 2.33. The molecular weight excluding hydrogens is 178 g/mol. The summed E-state index contributed by atoms with van der Waals surface area (Å²) < 4.78 is 0. The van der Waals surface area contributed by atoms with E-state index in [2.05, 4.69) is 46.5 Å². The Morgan fingerprint density at radius 1 is 1.23 bits per heavy atom. The van der Waals surface area contributed by atoms with Crippen molar-refractivity contribution in [1.82, 2.24) is 4.98 Å². The molecule has 0 aliphatic heterocycles. The van der Waals surface area contributed by atoms with Crippen LogP contribution in [0.15, 0.2) is 0 Å². The Hall–Kier alpha value is -0.370. The third kappa shape index (κ3) is 2.31. The summed E-state index contributed by atoms with van der Waals surface area (Å²) in [5, 5.41) is 1.19. The minimum Gasteiger partial charge on any atom is -0.246 e. The molecule has 0 spiro atoms. The Bertz CT molecular complexity index is 292. The van der Waals surface area contributed by atoms with Gasteiger partial charge in [0.25, 0.3) is 0 Å². The lowest BCUT2D eigenvalue weighted by atomic mass is 9.89. The van der Waals surface area contributed by atoms with Crippen molar-refractivity contribution in [3.8, 4) is 0 Å². The highest BCUT2D eigenvalue weighted by atomic mass is 32.1. The van der Waals surface area contributed by atoms with E-state index in [1.807, 2.05) is 11.3 Å². The fraction of sp³-hybridized carbons (Fsp3) is 0.727. The third-order valence-electron chi connectivity index (χ3n) is 2.00. The summed E-state index contributed by atoms with van der Waals surface area (Å²) in [4.78, 5) is 6.07.